The van der Waals surface area contributed by atoms with Gasteiger partial charge in [-0.15, -0.1) is 0 Å². The number of aromatic amines is 1. The molecule has 0 aliphatic carbocycles. The molecule has 0 radical (unpaired) electrons. The van der Waals surface area contributed by atoms with Gasteiger partial charge in [-0.25, -0.2) is 10.1 Å². The van der Waals surface area contributed by atoms with E-state index >= 15 is 0 Å². The lowest BCUT2D eigenvalue weighted by Crippen LogP contribution is -2.20. The topological polar surface area (TPSA) is 79.2 Å². The maximum atomic E-state index is 12.7. The van der Waals surface area contributed by atoms with Gasteiger partial charge in [0.25, 0.3) is 11.5 Å². The average molecular weight is 413 g/mol. The molecule has 26 heavy (non-hydrogen) atoms. The third kappa shape index (κ3) is 3.67. The van der Waals surface area contributed by atoms with Crippen molar-refractivity contribution in [2.75, 3.05) is 0 Å². The van der Waals surface area contributed by atoms with Crippen LogP contribution in [0.1, 0.15) is 27.2 Å². The van der Waals surface area contributed by atoms with Crippen molar-refractivity contribution in [3.63, 3.8) is 0 Å². The third-order valence-electron chi connectivity index (χ3n) is 3.92. The van der Waals surface area contributed by atoms with Crippen LogP contribution in [0.25, 0.3) is 5.69 Å². The molecule has 7 heteroatoms. The van der Waals surface area contributed by atoms with Crippen molar-refractivity contribution in [1.29, 1.82) is 0 Å². The number of amides is 1. The van der Waals surface area contributed by atoms with Crippen LogP contribution in [-0.2, 0) is 0 Å². The summed E-state index contributed by atoms with van der Waals surface area (Å²) < 4.78 is 2.28. The second-order valence-electron chi connectivity index (χ2n) is 5.79. The standard InChI is InChI=1S/C19H17BrN4O2/c1-12-6-3-4-9-17(12)24-19(26)16(13(2)23-24)11-21-22-18(25)14-7-5-8-15(20)10-14/h3-11,23H,1-2H3,(H,22,25)/b21-11+. The molecule has 0 saturated carbocycles. The van der Waals surface area contributed by atoms with E-state index in [9.17, 15) is 9.59 Å². The highest BCUT2D eigenvalue weighted by molar-refractivity contribution is 9.10. The van der Waals surface area contributed by atoms with Crippen LogP contribution in [0.5, 0.6) is 0 Å². The molecule has 132 valence electrons. The predicted molar refractivity (Wildman–Crippen MR) is 105 cm³/mol. The molecule has 0 unspecified atom stereocenters. The number of hydrazone groups is 1. The molecule has 0 aliphatic rings. The number of benzene rings is 2. The van der Waals surface area contributed by atoms with Crippen molar-refractivity contribution in [1.82, 2.24) is 15.2 Å². The highest BCUT2D eigenvalue weighted by Crippen LogP contribution is 2.12. The zero-order valence-corrected chi connectivity index (χ0v) is 15.9. The van der Waals surface area contributed by atoms with E-state index in [1.165, 1.54) is 10.9 Å². The summed E-state index contributed by atoms with van der Waals surface area (Å²) in [6.45, 7) is 3.72. The maximum Gasteiger partial charge on any atom is 0.280 e. The molecule has 0 fully saturated rings. The summed E-state index contributed by atoms with van der Waals surface area (Å²) >= 11 is 3.32. The fourth-order valence-corrected chi connectivity index (χ4v) is 2.94. The van der Waals surface area contributed by atoms with Crippen LogP contribution in [0.3, 0.4) is 0 Å². The minimum atomic E-state index is -0.352. The number of H-pyrrole nitrogens is 1. The Bertz CT molecular complexity index is 1050. The Morgan fingerprint density at radius 3 is 2.69 bits per heavy atom. The number of carbonyl (C=O) groups excluding carboxylic acids is 1. The summed E-state index contributed by atoms with van der Waals surface area (Å²) in [5.74, 6) is -0.352. The Kier molecular flexibility index (Phi) is 5.18. The highest BCUT2D eigenvalue weighted by Gasteiger charge is 2.12. The average Bonchev–Trinajstić information content (AvgIpc) is 2.90. The Morgan fingerprint density at radius 1 is 1.19 bits per heavy atom. The number of carbonyl (C=O) groups is 1. The predicted octanol–water partition coefficient (Wildman–Crippen LogP) is 3.31. The van der Waals surface area contributed by atoms with E-state index in [1.807, 2.05) is 37.3 Å². The summed E-state index contributed by atoms with van der Waals surface area (Å²) in [5, 5.41) is 6.97. The summed E-state index contributed by atoms with van der Waals surface area (Å²) in [6, 6.07) is 14.6. The van der Waals surface area contributed by atoms with Gasteiger partial charge in [-0.05, 0) is 43.7 Å². The van der Waals surface area contributed by atoms with E-state index in [0.29, 0.717) is 16.8 Å². The van der Waals surface area contributed by atoms with Crippen molar-refractivity contribution < 1.29 is 4.79 Å². The first-order valence-electron chi connectivity index (χ1n) is 7.94. The largest absolute Gasteiger partial charge is 0.295 e. The van der Waals surface area contributed by atoms with Gasteiger partial charge in [-0.3, -0.25) is 14.7 Å². The molecule has 1 heterocycles. The first-order chi connectivity index (χ1) is 12.5. The molecular formula is C19H17BrN4O2. The Morgan fingerprint density at radius 2 is 1.96 bits per heavy atom. The number of rotatable bonds is 4. The second-order valence-corrected chi connectivity index (χ2v) is 6.70. The lowest BCUT2D eigenvalue weighted by atomic mass is 10.2. The van der Waals surface area contributed by atoms with Gasteiger partial charge in [-0.1, -0.05) is 40.2 Å². The maximum absolute atomic E-state index is 12.7. The minimum Gasteiger partial charge on any atom is -0.295 e. The number of nitrogens with one attached hydrogen (secondary N) is 2. The van der Waals surface area contributed by atoms with Gasteiger partial charge in [0.05, 0.1) is 17.5 Å². The Labute approximate surface area is 158 Å². The number of hydrogen-bond acceptors (Lipinski definition) is 3. The highest BCUT2D eigenvalue weighted by atomic mass is 79.9. The van der Waals surface area contributed by atoms with E-state index in [0.717, 1.165) is 15.7 Å². The molecule has 0 saturated heterocycles. The van der Waals surface area contributed by atoms with Crippen LogP contribution in [0.15, 0.2) is 62.9 Å². The molecule has 1 aromatic heterocycles. The Balaban J connectivity index is 1.83. The molecule has 0 spiro atoms. The summed E-state index contributed by atoms with van der Waals surface area (Å²) in [7, 11) is 0. The number of aryl methyl sites for hydroxylation is 2. The zero-order chi connectivity index (χ0) is 18.7. The number of nitrogens with zero attached hydrogens (tertiary/aromatic N) is 2. The summed E-state index contributed by atoms with van der Waals surface area (Å²) in [4.78, 5) is 24.7. The molecule has 3 aromatic rings. The van der Waals surface area contributed by atoms with Crippen molar-refractivity contribution in [2.24, 2.45) is 5.10 Å². The van der Waals surface area contributed by atoms with Crippen molar-refractivity contribution in [2.45, 2.75) is 13.8 Å². The van der Waals surface area contributed by atoms with E-state index < -0.39 is 0 Å². The molecular weight excluding hydrogens is 396 g/mol. The van der Waals surface area contributed by atoms with Crippen LogP contribution < -0.4 is 11.0 Å². The summed E-state index contributed by atoms with van der Waals surface area (Å²) in [6.07, 6.45) is 1.36. The molecule has 0 aliphatic heterocycles. The first-order valence-corrected chi connectivity index (χ1v) is 8.73. The van der Waals surface area contributed by atoms with Gasteiger partial charge in [0.1, 0.15) is 0 Å². The lowest BCUT2D eigenvalue weighted by Gasteiger charge is -2.04. The number of halogens is 1. The van der Waals surface area contributed by atoms with Gasteiger partial charge < -0.3 is 0 Å². The van der Waals surface area contributed by atoms with Crippen LogP contribution in [0.4, 0.5) is 0 Å². The van der Waals surface area contributed by atoms with Gasteiger partial charge in [0.15, 0.2) is 0 Å². The molecule has 1 amide bonds. The molecule has 2 N–H and O–H groups in total. The smallest absolute Gasteiger partial charge is 0.280 e. The molecule has 0 bridgehead atoms. The minimum absolute atomic E-state index is 0.225. The van der Waals surface area contributed by atoms with Gasteiger partial charge in [-0.2, -0.15) is 5.10 Å². The van der Waals surface area contributed by atoms with Crippen molar-refractivity contribution in [3.8, 4) is 5.69 Å². The first kappa shape index (κ1) is 17.9. The van der Waals surface area contributed by atoms with Gasteiger partial charge in [0, 0.05) is 15.7 Å². The van der Waals surface area contributed by atoms with E-state index in [-0.39, 0.29) is 11.5 Å². The van der Waals surface area contributed by atoms with E-state index in [2.05, 4.69) is 31.6 Å². The SMILES string of the molecule is Cc1ccccc1-n1[nH]c(C)c(/C=N/NC(=O)c2cccc(Br)c2)c1=O. The fourth-order valence-electron chi connectivity index (χ4n) is 2.55. The molecule has 6 nitrogen and oxygen atoms in total. The third-order valence-corrected chi connectivity index (χ3v) is 4.41. The normalized spacial score (nSPS) is 11.0. The second kappa shape index (κ2) is 7.53. The monoisotopic (exact) mass is 412 g/mol. The molecule has 2 aromatic carbocycles. The fraction of sp³-hybridized carbons (Fsp3) is 0.105. The van der Waals surface area contributed by atoms with Crippen molar-refractivity contribution in [3.05, 3.63) is 85.7 Å². The van der Waals surface area contributed by atoms with Crippen LogP contribution in [0, 0.1) is 13.8 Å². The number of hydrogen-bond donors (Lipinski definition) is 2. The van der Waals surface area contributed by atoms with Crippen molar-refractivity contribution >= 4 is 28.1 Å². The van der Waals surface area contributed by atoms with E-state index in [1.54, 1.807) is 25.1 Å². The zero-order valence-electron chi connectivity index (χ0n) is 14.3. The lowest BCUT2D eigenvalue weighted by molar-refractivity contribution is 0.0955. The quantitative estimate of drug-likeness (QED) is 0.509. The van der Waals surface area contributed by atoms with Crippen LogP contribution in [-0.4, -0.2) is 21.9 Å². The number of aromatic nitrogens is 2. The molecule has 3 rings (SSSR count). The number of para-hydroxylation sites is 1. The van der Waals surface area contributed by atoms with Gasteiger partial charge >= 0.3 is 0 Å². The summed E-state index contributed by atoms with van der Waals surface area (Å²) in [5.41, 5.74) is 5.49. The van der Waals surface area contributed by atoms with Crippen LogP contribution >= 0.6 is 15.9 Å². The van der Waals surface area contributed by atoms with E-state index in [4.69, 9.17) is 0 Å². The van der Waals surface area contributed by atoms with Gasteiger partial charge in [0.2, 0.25) is 0 Å². The molecule has 0 atom stereocenters. The Hall–Kier alpha value is -2.93. The van der Waals surface area contributed by atoms with Crippen LogP contribution in [0.2, 0.25) is 0 Å².